The molecule has 0 unspecified atom stereocenters. The van der Waals surface area contributed by atoms with Crippen molar-refractivity contribution in [2.24, 2.45) is 5.73 Å². The molecule has 16 heavy (non-hydrogen) atoms. The molecule has 0 saturated carbocycles. The molecule has 1 rings (SSSR count). The lowest BCUT2D eigenvalue weighted by atomic mass is 10.00. The lowest BCUT2D eigenvalue weighted by Crippen LogP contribution is -2.10. The molecule has 0 heterocycles. The van der Waals surface area contributed by atoms with Crippen LogP contribution in [-0.2, 0) is 0 Å². The molecule has 1 aromatic rings. The van der Waals surface area contributed by atoms with Crippen LogP contribution in [0.3, 0.4) is 0 Å². The van der Waals surface area contributed by atoms with Crippen molar-refractivity contribution in [1.29, 1.82) is 0 Å². The average Bonchev–Trinajstić information content (AvgIpc) is 2.26. The summed E-state index contributed by atoms with van der Waals surface area (Å²) in [5.41, 5.74) is 6.38. The van der Waals surface area contributed by atoms with Crippen molar-refractivity contribution >= 4 is 0 Å². The largest absolute Gasteiger partial charge is 0.504 e. The molecule has 4 nitrogen and oxygen atoms in total. The summed E-state index contributed by atoms with van der Waals surface area (Å²) in [7, 11) is 0. The molecule has 0 bridgehead atoms. The van der Waals surface area contributed by atoms with Gasteiger partial charge in [-0.2, -0.15) is 0 Å². The second-order valence-corrected chi connectivity index (χ2v) is 3.97. The van der Waals surface area contributed by atoms with Crippen molar-refractivity contribution in [3.8, 4) is 17.2 Å². The summed E-state index contributed by atoms with van der Waals surface area (Å²) in [4.78, 5) is 0. The van der Waals surface area contributed by atoms with Gasteiger partial charge in [0.1, 0.15) is 0 Å². The maximum Gasteiger partial charge on any atom is 0.200 e. The molecule has 0 radical (unpaired) electrons. The van der Waals surface area contributed by atoms with Crippen LogP contribution in [0.25, 0.3) is 0 Å². The van der Waals surface area contributed by atoms with E-state index in [1.54, 1.807) is 6.07 Å². The molecule has 0 aromatic heterocycles. The van der Waals surface area contributed by atoms with Gasteiger partial charge in [0.25, 0.3) is 0 Å². The van der Waals surface area contributed by atoms with Crippen molar-refractivity contribution in [2.45, 2.75) is 38.6 Å². The molecule has 5 N–H and O–H groups in total. The summed E-state index contributed by atoms with van der Waals surface area (Å²) in [5, 5.41) is 28.1. The first-order valence-corrected chi connectivity index (χ1v) is 5.57. The van der Waals surface area contributed by atoms with E-state index in [0.29, 0.717) is 5.56 Å². The van der Waals surface area contributed by atoms with E-state index in [-0.39, 0.29) is 17.5 Å². The topological polar surface area (TPSA) is 86.7 Å². The average molecular weight is 225 g/mol. The van der Waals surface area contributed by atoms with Gasteiger partial charge in [-0.05, 0) is 18.6 Å². The van der Waals surface area contributed by atoms with Crippen LogP contribution in [-0.4, -0.2) is 15.3 Å². The maximum absolute atomic E-state index is 9.62. The predicted molar refractivity (Wildman–Crippen MR) is 62.5 cm³/mol. The summed E-state index contributed by atoms with van der Waals surface area (Å²) in [6.07, 6.45) is 3.95. The minimum absolute atomic E-state index is 0.307. The van der Waals surface area contributed by atoms with Crippen molar-refractivity contribution < 1.29 is 15.3 Å². The Morgan fingerprint density at radius 3 is 2.44 bits per heavy atom. The van der Waals surface area contributed by atoms with Crippen molar-refractivity contribution in [3.63, 3.8) is 0 Å². The molecule has 0 aliphatic carbocycles. The van der Waals surface area contributed by atoms with Crippen molar-refractivity contribution in [3.05, 3.63) is 17.7 Å². The second-order valence-electron chi connectivity index (χ2n) is 3.97. The summed E-state index contributed by atoms with van der Waals surface area (Å²) in [6, 6.07) is 2.57. The first-order chi connectivity index (χ1) is 7.57. The molecule has 0 aliphatic heterocycles. The fourth-order valence-corrected chi connectivity index (χ4v) is 1.65. The van der Waals surface area contributed by atoms with E-state index in [2.05, 4.69) is 6.92 Å². The van der Waals surface area contributed by atoms with E-state index < -0.39 is 5.75 Å². The number of unbranched alkanes of at least 4 members (excludes halogenated alkanes) is 2. The van der Waals surface area contributed by atoms with E-state index in [4.69, 9.17) is 10.8 Å². The Bertz CT molecular complexity index is 352. The fourth-order valence-electron chi connectivity index (χ4n) is 1.65. The van der Waals surface area contributed by atoms with Crippen molar-refractivity contribution in [1.82, 2.24) is 0 Å². The van der Waals surface area contributed by atoms with Crippen LogP contribution < -0.4 is 5.73 Å². The van der Waals surface area contributed by atoms with Gasteiger partial charge in [0, 0.05) is 11.6 Å². The highest BCUT2D eigenvalue weighted by molar-refractivity contribution is 5.53. The van der Waals surface area contributed by atoms with Crippen LogP contribution in [0.5, 0.6) is 17.2 Å². The number of phenolic OH excluding ortho intramolecular Hbond substituents is 3. The molecule has 0 amide bonds. The van der Waals surface area contributed by atoms with E-state index in [1.807, 2.05) is 0 Å². The van der Waals surface area contributed by atoms with Crippen LogP contribution in [0.4, 0.5) is 0 Å². The molecule has 1 atom stereocenters. The number of hydrogen-bond acceptors (Lipinski definition) is 4. The smallest absolute Gasteiger partial charge is 0.200 e. The lowest BCUT2D eigenvalue weighted by Gasteiger charge is -2.14. The van der Waals surface area contributed by atoms with Gasteiger partial charge in [-0.15, -0.1) is 0 Å². The van der Waals surface area contributed by atoms with Crippen LogP contribution >= 0.6 is 0 Å². The molecule has 0 aliphatic rings. The molecule has 0 spiro atoms. The first-order valence-electron chi connectivity index (χ1n) is 5.57. The van der Waals surface area contributed by atoms with Crippen LogP contribution in [0.2, 0.25) is 0 Å². The highest BCUT2D eigenvalue weighted by Crippen LogP contribution is 2.39. The zero-order valence-electron chi connectivity index (χ0n) is 9.48. The van der Waals surface area contributed by atoms with E-state index >= 15 is 0 Å². The van der Waals surface area contributed by atoms with Crippen LogP contribution in [0.1, 0.15) is 44.2 Å². The Morgan fingerprint density at radius 2 is 1.81 bits per heavy atom. The minimum atomic E-state index is -0.497. The highest BCUT2D eigenvalue weighted by atomic mass is 16.3. The molecule has 0 fully saturated rings. The summed E-state index contributed by atoms with van der Waals surface area (Å²) >= 11 is 0. The minimum Gasteiger partial charge on any atom is -0.504 e. The van der Waals surface area contributed by atoms with Crippen LogP contribution in [0, 0.1) is 0 Å². The van der Waals surface area contributed by atoms with E-state index in [9.17, 15) is 10.2 Å². The zero-order chi connectivity index (χ0) is 12.1. The highest BCUT2D eigenvalue weighted by Gasteiger charge is 2.16. The SMILES string of the molecule is CCCCC[C@H](N)c1ccc(O)c(O)c1O. The Morgan fingerprint density at radius 1 is 1.12 bits per heavy atom. The monoisotopic (exact) mass is 225 g/mol. The third-order valence-corrected chi connectivity index (χ3v) is 2.68. The van der Waals surface area contributed by atoms with Gasteiger partial charge in [0.15, 0.2) is 11.5 Å². The fraction of sp³-hybridized carbons (Fsp3) is 0.500. The second kappa shape index (κ2) is 5.61. The van der Waals surface area contributed by atoms with Gasteiger partial charge < -0.3 is 21.1 Å². The van der Waals surface area contributed by atoms with Crippen LogP contribution in [0.15, 0.2) is 12.1 Å². The number of aromatic hydroxyl groups is 3. The van der Waals surface area contributed by atoms with Gasteiger partial charge >= 0.3 is 0 Å². The molecular formula is C12H19NO3. The summed E-state index contributed by atoms with van der Waals surface area (Å²) in [6.45, 7) is 2.11. The van der Waals surface area contributed by atoms with E-state index in [1.165, 1.54) is 6.07 Å². The molecule has 90 valence electrons. The molecule has 1 aromatic carbocycles. The van der Waals surface area contributed by atoms with Gasteiger partial charge in [-0.1, -0.05) is 26.2 Å². The first kappa shape index (κ1) is 12.6. The Labute approximate surface area is 95.3 Å². The van der Waals surface area contributed by atoms with Crippen molar-refractivity contribution in [2.75, 3.05) is 0 Å². The van der Waals surface area contributed by atoms with Gasteiger partial charge in [-0.25, -0.2) is 0 Å². The molecular weight excluding hydrogens is 206 g/mol. The summed E-state index contributed by atoms with van der Waals surface area (Å²) < 4.78 is 0. The van der Waals surface area contributed by atoms with Gasteiger partial charge in [0.2, 0.25) is 5.75 Å². The lowest BCUT2D eigenvalue weighted by molar-refractivity contribution is 0.362. The third kappa shape index (κ3) is 2.79. The quantitative estimate of drug-likeness (QED) is 0.457. The van der Waals surface area contributed by atoms with Gasteiger partial charge in [0.05, 0.1) is 0 Å². The molecule has 4 heteroatoms. The Kier molecular flexibility index (Phi) is 4.43. The third-order valence-electron chi connectivity index (χ3n) is 2.68. The number of hydrogen-bond donors (Lipinski definition) is 4. The zero-order valence-corrected chi connectivity index (χ0v) is 9.48. The Hall–Kier alpha value is -1.42. The Balaban J connectivity index is 2.76. The summed E-state index contributed by atoms with van der Waals surface area (Å²) in [5.74, 6) is -1.14. The normalized spacial score (nSPS) is 12.6. The predicted octanol–water partition coefficient (Wildman–Crippen LogP) is 2.38. The number of rotatable bonds is 5. The standard InChI is InChI=1S/C12H19NO3/c1-2-3-4-5-9(13)8-6-7-10(14)12(16)11(8)15/h6-7,9,14-16H,2-5,13H2,1H3/t9-/m0/s1. The van der Waals surface area contributed by atoms with Gasteiger partial charge in [-0.3, -0.25) is 0 Å². The van der Waals surface area contributed by atoms with E-state index in [0.717, 1.165) is 25.7 Å². The maximum atomic E-state index is 9.62. The number of benzene rings is 1. The number of phenols is 3. The number of nitrogens with two attached hydrogens (primary N) is 1. The molecule has 0 saturated heterocycles.